The van der Waals surface area contributed by atoms with Crippen molar-refractivity contribution in [3.63, 3.8) is 0 Å². The van der Waals surface area contributed by atoms with Crippen molar-refractivity contribution < 1.29 is 14.3 Å². The van der Waals surface area contributed by atoms with Crippen molar-refractivity contribution in [2.45, 2.75) is 38.8 Å². The van der Waals surface area contributed by atoms with Crippen molar-refractivity contribution in [1.29, 1.82) is 0 Å². The molecular weight excluding hydrogens is 268 g/mol. The number of aryl methyl sites for hydroxylation is 1. The van der Waals surface area contributed by atoms with Gasteiger partial charge in [0.1, 0.15) is 0 Å². The molecule has 0 radical (unpaired) electrons. The molecule has 2 aliphatic rings. The number of ether oxygens (including phenoxy) is 1. The highest BCUT2D eigenvalue weighted by Crippen LogP contribution is 2.25. The fraction of sp³-hybridized carbons (Fsp3) is 0.500. The maximum atomic E-state index is 12.7. The first-order valence-electron chi connectivity index (χ1n) is 7.40. The van der Waals surface area contributed by atoms with Crippen LogP contribution in [0, 0.1) is 0 Å². The van der Waals surface area contributed by atoms with Crippen LogP contribution in [-0.2, 0) is 16.0 Å². The fourth-order valence-electron chi connectivity index (χ4n) is 2.87. The molecule has 1 saturated heterocycles. The zero-order valence-corrected chi connectivity index (χ0v) is 12.4. The smallest absolute Gasteiger partial charge is 0.254 e. The number of nitrogens with one attached hydrogen (secondary N) is 1. The molecule has 2 atom stereocenters. The lowest BCUT2D eigenvalue weighted by Crippen LogP contribution is -2.50. The number of rotatable bonds is 1. The highest BCUT2D eigenvalue weighted by Gasteiger charge is 2.28. The van der Waals surface area contributed by atoms with Gasteiger partial charge in [-0.25, -0.2) is 0 Å². The Morgan fingerprint density at radius 1 is 1.33 bits per heavy atom. The van der Waals surface area contributed by atoms with Crippen LogP contribution in [0.4, 0.5) is 5.69 Å². The molecule has 21 heavy (non-hydrogen) atoms. The quantitative estimate of drug-likeness (QED) is 0.857. The third kappa shape index (κ3) is 2.78. The molecular formula is C16H20N2O3. The molecule has 0 saturated carbocycles. The van der Waals surface area contributed by atoms with Crippen LogP contribution in [0.3, 0.4) is 0 Å². The van der Waals surface area contributed by atoms with Crippen LogP contribution in [0.5, 0.6) is 0 Å². The first-order valence-corrected chi connectivity index (χ1v) is 7.40. The largest absolute Gasteiger partial charge is 0.375 e. The third-order valence-electron chi connectivity index (χ3n) is 4.12. The van der Waals surface area contributed by atoms with Gasteiger partial charge in [0, 0.05) is 24.2 Å². The van der Waals surface area contributed by atoms with Crippen molar-refractivity contribution in [3.8, 4) is 0 Å². The maximum Gasteiger partial charge on any atom is 0.254 e. The van der Waals surface area contributed by atoms with Gasteiger partial charge in [-0.1, -0.05) is 0 Å². The Morgan fingerprint density at radius 2 is 2.14 bits per heavy atom. The average molecular weight is 288 g/mol. The molecule has 3 rings (SSSR count). The van der Waals surface area contributed by atoms with Gasteiger partial charge in [0.05, 0.1) is 18.8 Å². The summed E-state index contributed by atoms with van der Waals surface area (Å²) in [5, 5.41) is 2.84. The molecule has 0 aromatic heterocycles. The fourth-order valence-corrected chi connectivity index (χ4v) is 2.87. The van der Waals surface area contributed by atoms with E-state index < -0.39 is 0 Å². The van der Waals surface area contributed by atoms with E-state index in [1.165, 1.54) is 0 Å². The molecule has 1 aromatic carbocycles. The number of nitrogens with zero attached hydrogens (tertiary/aromatic N) is 1. The van der Waals surface area contributed by atoms with Crippen molar-refractivity contribution in [1.82, 2.24) is 4.90 Å². The molecule has 5 heteroatoms. The molecule has 0 aliphatic carbocycles. The Kier molecular flexibility index (Phi) is 3.68. The van der Waals surface area contributed by atoms with Crippen LogP contribution in [0.15, 0.2) is 18.2 Å². The van der Waals surface area contributed by atoms with Gasteiger partial charge in [-0.2, -0.15) is 0 Å². The standard InChI is InChI=1S/C16H20N2O3/c1-10-9-21-11(2)8-18(10)16(20)13-3-5-14-12(7-13)4-6-15(19)17-14/h3,5,7,10-11H,4,6,8-9H2,1-2H3,(H,17,19). The number of amides is 2. The van der Waals surface area contributed by atoms with Crippen molar-refractivity contribution in [2.24, 2.45) is 0 Å². The minimum Gasteiger partial charge on any atom is -0.375 e. The van der Waals surface area contributed by atoms with Crippen LogP contribution >= 0.6 is 0 Å². The minimum atomic E-state index is 0.0391. The molecule has 1 N–H and O–H groups in total. The van der Waals surface area contributed by atoms with E-state index in [0.717, 1.165) is 11.3 Å². The minimum absolute atomic E-state index is 0.0391. The van der Waals surface area contributed by atoms with Crippen LogP contribution in [0.1, 0.15) is 36.2 Å². The average Bonchev–Trinajstić information content (AvgIpc) is 2.48. The Labute approximate surface area is 124 Å². The van der Waals surface area contributed by atoms with Crippen molar-refractivity contribution in [2.75, 3.05) is 18.5 Å². The summed E-state index contributed by atoms with van der Waals surface area (Å²) in [7, 11) is 0. The number of fused-ring (bicyclic) bond motifs is 1. The van der Waals surface area contributed by atoms with E-state index in [1.54, 1.807) is 6.07 Å². The normalized spacial score (nSPS) is 25.2. The zero-order valence-electron chi connectivity index (χ0n) is 12.4. The Hall–Kier alpha value is -1.88. The van der Waals surface area contributed by atoms with E-state index in [2.05, 4.69) is 5.32 Å². The lowest BCUT2D eigenvalue weighted by Gasteiger charge is -2.37. The summed E-state index contributed by atoms with van der Waals surface area (Å²) < 4.78 is 5.57. The van der Waals surface area contributed by atoms with Crippen LogP contribution in [-0.4, -0.2) is 42.0 Å². The van der Waals surface area contributed by atoms with Crippen LogP contribution in [0.2, 0.25) is 0 Å². The van der Waals surface area contributed by atoms with Gasteiger partial charge >= 0.3 is 0 Å². The molecule has 0 spiro atoms. The SMILES string of the molecule is CC1CN(C(=O)c2ccc3c(c2)CCC(=O)N3)C(C)CO1. The molecule has 112 valence electrons. The summed E-state index contributed by atoms with van der Waals surface area (Å²) in [5.74, 6) is 0.0783. The number of hydrogen-bond acceptors (Lipinski definition) is 3. The van der Waals surface area contributed by atoms with E-state index in [9.17, 15) is 9.59 Å². The molecule has 2 heterocycles. The van der Waals surface area contributed by atoms with Gasteiger partial charge in [0.2, 0.25) is 5.91 Å². The van der Waals surface area contributed by atoms with E-state index >= 15 is 0 Å². The van der Waals surface area contributed by atoms with E-state index in [4.69, 9.17) is 4.74 Å². The molecule has 2 amide bonds. The number of benzene rings is 1. The molecule has 1 fully saturated rings. The summed E-state index contributed by atoms with van der Waals surface area (Å²) in [4.78, 5) is 25.9. The van der Waals surface area contributed by atoms with Crippen LogP contribution in [0.25, 0.3) is 0 Å². The third-order valence-corrected chi connectivity index (χ3v) is 4.12. The predicted octanol–water partition coefficient (Wildman–Crippen LogP) is 1.82. The monoisotopic (exact) mass is 288 g/mol. The second kappa shape index (κ2) is 5.48. The van der Waals surface area contributed by atoms with Gasteiger partial charge in [0.15, 0.2) is 0 Å². The van der Waals surface area contributed by atoms with E-state index in [0.29, 0.717) is 31.6 Å². The topological polar surface area (TPSA) is 58.6 Å². The lowest BCUT2D eigenvalue weighted by atomic mass is 9.99. The molecule has 2 unspecified atom stereocenters. The Morgan fingerprint density at radius 3 is 2.95 bits per heavy atom. The van der Waals surface area contributed by atoms with Gasteiger partial charge in [-0.15, -0.1) is 0 Å². The highest BCUT2D eigenvalue weighted by atomic mass is 16.5. The summed E-state index contributed by atoms with van der Waals surface area (Å²) in [6, 6.07) is 5.61. The molecule has 0 bridgehead atoms. The Bertz CT molecular complexity index is 585. The van der Waals surface area contributed by atoms with E-state index in [-0.39, 0.29) is 24.0 Å². The lowest BCUT2D eigenvalue weighted by molar-refractivity contribution is -0.116. The number of carbonyl (C=O) groups excluding carboxylic acids is 2. The number of anilines is 1. The van der Waals surface area contributed by atoms with Gasteiger partial charge < -0.3 is 15.0 Å². The van der Waals surface area contributed by atoms with E-state index in [1.807, 2.05) is 30.9 Å². The summed E-state index contributed by atoms with van der Waals surface area (Å²) in [6.07, 6.45) is 1.24. The number of hydrogen-bond donors (Lipinski definition) is 1. The first-order chi connectivity index (χ1) is 10.0. The molecule has 5 nitrogen and oxygen atoms in total. The Balaban J connectivity index is 1.83. The zero-order chi connectivity index (χ0) is 15.0. The van der Waals surface area contributed by atoms with Crippen molar-refractivity contribution >= 4 is 17.5 Å². The van der Waals surface area contributed by atoms with Crippen LogP contribution < -0.4 is 5.32 Å². The van der Waals surface area contributed by atoms with Gasteiger partial charge in [-0.3, -0.25) is 9.59 Å². The summed E-state index contributed by atoms with van der Waals surface area (Å²) in [6.45, 7) is 5.18. The summed E-state index contributed by atoms with van der Waals surface area (Å²) >= 11 is 0. The van der Waals surface area contributed by atoms with Gasteiger partial charge in [0.25, 0.3) is 5.91 Å². The molecule has 1 aromatic rings. The molecule has 2 aliphatic heterocycles. The van der Waals surface area contributed by atoms with Crippen molar-refractivity contribution in [3.05, 3.63) is 29.3 Å². The summed E-state index contributed by atoms with van der Waals surface area (Å²) in [5.41, 5.74) is 2.55. The van der Waals surface area contributed by atoms with Gasteiger partial charge in [-0.05, 0) is 44.0 Å². The number of morpholine rings is 1. The predicted molar refractivity (Wildman–Crippen MR) is 79.3 cm³/mol. The highest BCUT2D eigenvalue weighted by molar-refractivity contribution is 5.98. The second-order valence-electron chi connectivity index (χ2n) is 5.87. The number of carbonyl (C=O) groups is 2. The second-order valence-corrected chi connectivity index (χ2v) is 5.87. The maximum absolute atomic E-state index is 12.7. The first kappa shape index (κ1) is 14.1.